The fraction of sp³-hybridized carbons (Fsp3) is 0.231. The van der Waals surface area contributed by atoms with E-state index in [4.69, 9.17) is 10.5 Å². The minimum absolute atomic E-state index is 0.00923. The summed E-state index contributed by atoms with van der Waals surface area (Å²) in [6, 6.07) is 17.1. The molecule has 3 N–H and O–H groups in total. The van der Waals surface area contributed by atoms with Crippen LogP contribution < -0.4 is 20.5 Å². The van der Waals surface area contributed by atoms with Gasteiger partial charge in [-0.05, 0) is 59.5 Å². The Hall–Kier alpha value is -3.78. The summed E-state index contributed by atoms with van der Waals surface area (Å²) in [5.41, 5.74) is 11.3. The van der Waals surface area contributed by atoms with Gasteiger partial charge in [-0.3, -0.25) is 9.79 Å². The zero-order valence-electron chi connectivity index (χ0n) is 18.8. The molecule has 0 saturated heterocycles. The largest absolute Gasteiger partial charge is 0.497 e. The maximum Gasteiger partial charge on any atom is 0.387 e. The van der Waals surface area contributed by atoms with Gasteiger partial charge in [0, 0.05) is 17.8 Å². The van der Waals surface area contributed by atoms with Crippen molar-refractivity contribution in [3.63, 3.8) is 0 Å². The molecule has 8 heteroatoms. The van der Waals surface area contributed by atoms with Gasteiger partial charge in [-0.1, -0.05) is 30.3 Å². The molecule has 1 aliphatic heterocycles. The number of carbonyl (C=O) groups is 1. The molecule has 0 aliphatic carbocycles. The van der Waals surface area contributed by atoms with Crippen LogP contribution in [0.2, 0.25) is 0 Å². The quantitative estimate of drug-likeness (QED) is 0.504. The lowest BCUT2D eigenvalue weighted by Crippen LogP contribution is -2.33. The van der Waals surface area contributed by atoms with Gasteiger partial charge < -0.3 is 20.5 Å². The highest BCUT2D eigenvalue weighted by Gasteiger charge is 2.21. The SMILES string of the molecule is COc1cccc(C(CN)NC(=O)c2cc(-c3ccc4c(c3)C(C)=NC4)ccc2OC(F)F)c1. The van der Waals surface area contributed by atoms with Gasteiger partial charge in [0.1, 0.15) is 11.5 Å². The standard InChI is InChI=1S/C26H25F2N3O3/c1-15-21-11-16(6-7-19(21)14-30-15)17-8-9-24(34-26(27)28)22(12-17)25(32)31-23(13-29)18-4-3-5-20(10-18)33-2/h3-12,23,26H,13-14,29H2,1-2H3,(H,31,32). The number of hydrogen-bond donors (Lipinski definition) is 2. The van der Waals surface area contributed by atoms with E-state index in [1.54, 1.807) is 37.4 Å². The number of carbonyl (C=O) groups excluding carboxylic acids is 1. The molecule has 0 saturated carbocycles. The first-order valence-electron chi connectivity index (χ1n) is 10.8. The average Bonchev–Trinajstić information content (AvgIpc) is 3.22. The molecule has 0 bridgehead atoms. The van der Waals surface area contributed by atoms with E-state index < -0.39 is 18.6 Å². The molecular weight excluding hydrogens is 440 g/mol. The summed E-state index contributed by atoms with van der Waals surface area (Å²) in [6.07, 6.45) is 0. The first-order chi connectivity index (χ1) is 16.4. The van der Waals surface area contributed by atoms with Gasteiger partial charge in [0.2, 0.25) is 0 Å². The fourth-order valence-electron chi connectivity index (χ4n) is 3.98. The molecule has 0 fully saturated rings. The Labute approximate surface area is 196 Å². The number of nitrogens with two attached hydrogens (primary N) is 1. The molecule has 0 spiro atoms. The minimum atomic E-state index is -3.07. The molecular formula is C26H25F2N3O3. The molecule has 34 heavy (non-hydrogen) atoms. The van der Waals surface area contributed by atoms with Crippen molar-refractivity contribution in [2.45, 2.75) is 26.1 Å². The summed E-state index contributed by atoms with van der Waals surface area (Å²) in [5.74, 6) is -0.171. The number of alkyl halides is 2. The van der Waals surface area contributed by atoms with Crippen LogP contribution >= 0.6 is 0 Å². The molecule has 0 radical (unpaired) electrons. The summed E-state index contributed by atoms with van der Waals surface area (Å²) in [6.45, 7) is -0.381. The van der Waals surface area contributed by atoms with Crippen LogP contribution in [0, 0.1) is 0 Å². The Morgan fingerprint density at radius 3 is 2.62 bits per heavy atom. The monoisotopic (exact) mass is 465 g/mol. The molecule has 1 aliphatic rings. The Morgan fingerprint density at radius 2 is 1.88 bits per heavy atom. The topological polar surface area (TPSA) is 85.9 Å². The molecule has 4 rings (SSSR count). The highest BCUT2D eigenvalue weighted by Crippen LogP contribution is 2.31. The Kier molecular flexibility index (Phi) is 6.88. The van der Waals surface area contributed by atoms with Crippen molar-refractivity contribution in [2.24, 2.45) is 10.7 Å². The van der Waals surface area contributed by atoms with E-state index in [0.717, 1.165) is 28.0 Å². The van der Waals surface area contributed by atoms with E-state index in [9.17, 15) is 13.6 Å². The third-order valence-corrected chi connectivity index (χ3v) is 5.80. The smallest absolute Gasteiger partial charge is 0.387 e. The minimum Gasteiger partial charge on any atom is -0.497 e. The van der Waals surface area contributed by atoms with Gasteiger partial charge in [-0.2, -0.15) is 8.78 Å². The molecule has 1 amide bonds. The number of aliphatic imine (C=N–C) groups is 1. The summed E-state index contributed by atoms with van der Waals surface area (Å²) in [5, 5.41) is 2.83. The van der Waals surface area contributed by atoms with Gasteiger partial charge in [0.15, 0.2) is 0 Å². The van der Waals surface area contributed by atoms with Crippen molar-refractivity contribution < 1.29 is 23.0 Å². The number of benzene rings is 3. The zero-order valence-corrected chi connectivity index (χ0v) is 18.8. The van der Waals surface area contributed by atoms with E-state index >= 15 is 0 Å². The molecule has 1 heterocycles. The lowest BCUT2D eigenvalue weighted by molar-refractivity contribution is -0.0501. The second kappa shape index (κ2) is 10.0. The lowest BCUT2D eigenvalue weighted by Gasteiger charge is -2.20. The van der Waals surface area contributed by atoms with E-state index in [-0.39, 0.29) is 17.9 Å². The average molecular weight is 466 g/mol. The summed E-state index contributed by atoms with van der Waals surface area (Å²) < 4.78 is 36.0. The van der Waals surface area contributed by atoms with Crippen molar-refractivity contribution in [3.8, 4) is 22.6 Å². The lowest BCUT2D eigenvalue weighted by atomic mass is 9.96. The van der Waals surface area contributed by atoms with Gasteiger partial charge in [-0.15, -0.1) is 0 Å². The fourth-order valence-corrected chi connectivity index (χ4v) is 3.98. The normalized spacial score (nSPS) is 13.3. The highest BCUT2D eigenvalue weighted by atomic mass is 19.3. The Bertz CT molecular complexity index is 1240. The number of hydrogen-bond acceptors (Lipinski definition) is 5. The molecule has 1 unspecified atom stereocenters. The summed E-state index contributed by atoms with van der Waals surface area (Å²) in [7, 11) is 1.54. The van der Waals surface area contributed by atoms with E-state index in [0.29, 0.717) is 17.9 Å². The van der Waals surface area contributed by atoms with Gasteiger partial charge in [0.05, 0.1) is 25.3 Å². The number of nitrogens with zero attached hydrogens (tertiary/aromatic N) is 1. The molecule has 1 atom stereocenters. The number of ether oxygens (including phenoxy) is 2. The summed E-state index contributed by atoms with van der Waals surface area (Å²) in [4.78, 5) is 17.7. The van der Waals surface area contributed by atoms with Crippen LogP contribution in [0.5, 0.6) is 11.5 Å². The molecule has 3 aromatic carbocycles. The van der Waals surface area contributed by atoms with Crippen LogP contribution in [0.3, 0.4) is 0 Å². The first kappa shape index (κ1) is 23.4. The molecule has 0 aromatic heterocycles. The number of methoxy groups -OCH3 is 1. The van der Waals surface area contributed by atoms with Crippen LogP contribution in [0.15, 0.2) is 65.7 Å². The predicted octanol–water partition coefficient (Wildman–Crippen LogP) is 4.72. The van der Waals surface area contributed by atoms with Crippen LogP contribution in [0.25, 0.3) is 11.1 Å². The van der Waals surface area contributed by atoms with Gasteiger partial charge in [0.25, 0.3) is 5.91 Å². The van der Waals surface area contributed by atoms with Gasteiger partial charge >= 0.3 is 6.61 Å². The summed E-state index contributed by atoms with van der Waals surface area (Å²) >= 11 is 0. The first-order valence-corrected chi connectivity index (χ1v) is 10.8. The maximum atomic E-state index is 13.2. The van der Waals surface area contributed by atoms with Crippen molar-refractivity contribution >= 4 is 11.6 Å². The zero-order chi connectivity index (χ0) is 24.2. The van der Waals surface area contributed by atoms with Crippen molar-refractivity contribution in [1.82, 2.24) is 5.32 Å². The molecule has 3 aromatic rings. The van der Waals surface area contributed by atoms with Crippen LogP contribution in [0.1, 0.15) is 40.0 Å². The van der Waals surface area contributed by atoms with E-state index in [1.165, 1.54) is 6.07 Å². The van der Waals surface area contributed by atoms with Crippen LogP contribution in [0.4, 0.5) is 8.78 Å². The second-order valence-electron chi connectivity index (χ2n) is 7.90. The number of rotatable bonds is 8. The van der Waals surface area contributed by atoms with E-state index in [1.807, 2.05) is 31.2 Å². The van der Waals surface area contributed by atoms with Crippen molar-refractivity contribution in [3.05, 3.63) is 82.9 Å². The number of nitrogens with one attached hydrogen (secondary N) is 1. The highest BCUT2D eigenvalue weighted by molar-refractivity contribution is 6.03. The molecule has 176 valence electrons. The Balaban J connectivity index is 1.68. The Morgan fingerprint density at radius 1 is 1.12 bits per heavy atom. The van der Waals surface area contributed by atoms with E-state index in [2.05, 4.69) is 15.0 Å². The second-order valence-corrected chi connectivity index (χ2v) is 7.90. The van der Waals surface area contributed by atoms with Crippen LogP contribution in [-0.2, 0) is 6.54 Å². The number of fused-ring (bicyclic) bond motifs is 1. The third kappa shape index (κ3) is 4.92. The number of amides is 1. The van der Waals surface area contributed by atoms with Crippen molar-refractivity contribution in [1.29, 1.82) is 0 Å². The predicted molar refractivity (Wildman–Crippen MR) is 127 cm³/mol. The van der Waals surface area contributed by atoms with Crippen molar-refractivity contribution in [2.75, 3.05) is 13.7 Å². The molecule has 6 nitrogen and oxygen atoms in total. The van der Waals surface area contributed by atoms with Crippen LogP contribution in [-0.4, -0.2) is 31.9 Å². The maximum absolute atomic E-state index is 13.2. The van der Waals surface area contributed by atoms with Gasteiger partial charge in [-0.25, -0.2) is 0 Å². The number of halogens is 2. The third-order valence-electron chi connectivity index (χ3n) is 5.80.